The van der Waals surface area contributed by atoms with Crippen LogP contribution in [0.1, 0.15) is 0 Å². The van der Waals surface area contributed by atoms with Crippen molar-refractivity contribution < 1.29 is 22.3 Å². The molecule has 122 valence electrons. The van der Waals surface area contributed by atoms with Gasteiger partial charge in [-0.25, -0.2) is 12.8 Å². The molecule has 9 heteroatoms. The fraction of sp³-hybridized carbons (Fsp3) is 0.143. The molecule has 3 rings (SSSR count). The highest BCUT2D eigenvalue weighted by molar-refractivity contribution is 9.10. The second-order valence-corrected chi connectivity index (χ2v) is 7.60. The van der Waals surface area contributed by atoms with Crippen molar-refractivity contribution in [3.63, 3.8) is 0 Å². The van der Waals surface area contributed by atoms with Crippen molar-refractivity contribution >= 4 is 43.2 Å². The van der Waals surface area contributed by atoms with E-state index in [-0.39, 0.29) is 15.6 Å². The molecule has 2 aromatic carbocycles. The number of hydrogen-bond donors (Lipinski definition) is 1. The molecule has 0 unspecified atom stereocenters. The Balaban J connectivity index is 1.95. The van der Waals surface area contributed by atoms with Gasteiger partial charge in [0.05, 0.1) is 15.6 Å². The van der Waals surface area contributed by atoms with Crippen molar-refractivity contribution in [1.82, 2.24) is 0 Å². The molecule has 5 nitrogen and oxygen atoms in total. The molecular formula is C14H10BrClFNO4S. The van der Waals surface area contributed by atoms with Crippen LogP contribution in [0.25, 0.3) is 0 Å². The maximum Gasteiger partial charge on any atom is 0.261 e. The summed E-state index contributed by atoms with van der Waals surface area (Å²) in [6.07, 6.45) is 0. The molecule has 0 atom stereocenters. The number of halogens is 3. The van der Waals surface area contributed by atoms with Crippen molar-refractivity contribution in [3.05, 3.63) is 45.6 Å². The van der Waals surface area contributed by atoms with E-state index < -0.39 is 15.8 Å². The third kappa shape index (κ3) is 3.39. The highest BCUT2D eigenvalue weighted by Gasteiger charge is 2.20. The number of benzene rings is 2. The molecule has 0 aliphatic carbocycles. The van der Waals surface area contributed by atoms with Crippen LogP contribution in [0.5, 0.6) is 11.5 Å². The van der Waals surface area contributed by atoms with Crippen LogP contribution in [0.2, 0.25) is 5.02 Å². The van der Waals surface area contributed by atoms with Gasteiger partial charge < -0.3 is 9.47 Å². The molecule has 2 aromatic rings. The molecule has 0 spiro atoms. The van der Waals surface area contributed by atoms with E-state index in [1.807, 2.05) is 0 Å². The zero-order valence-corrected chi connectivity index (χ0v) is 14.6. The Bertz CT molecular complexity index is 875. The lowest BCUT2D eigenvalue weighted by Gasteiger charge is -2.20. The van der Waals surface area contributed by atoms with Gasteiger partial charge in [-0.3, -0.25) is 4.72 Å². The monoisotopic (exact) mass is 421 g/mol. The molecular weight excluding hydrogens is 413 g/mol. The van der Waals surface area contributed by atoms with Gasteiger partial charge in [0.25, 0.3) is 10.0 Å². The Hall–Kier alpha value is -1.51. The summed E-state index contributed by atoms with van der Waals surface area (Å²) in [5.74, 6) is 0.274. The minimum absolute atomic E-state index is 0.148. The maximum absolute atomic E-state index is 13.2. The fourth-order valence-electron chi connectivity index (χ4n) is 1.99. The number of ether oxygens (including phenoxy) is 2. The Morgan fingerprint density at radius 3 is 2.43 bits per heavy atom. The molecule has 1 aliphatic rings. The number of hydrogen-bond acceptors (Lipinski definition) is 4. The standard InChI is InChI=1S/C14H10BrClFNO4S/c15-9-6-13-14(22-4-3-21-13)7-12(9)18-23(19,20)8-1-2-11(17)10(16)5-8/h1-2,5-7,18H,3-4H2. The first-order chi connectivity index (χ1) is 10.9. The second kappa shape index (κ2) is 6.18. The van der Waals surface area contributed by atoms with Crippen molar-refractivity contribution in [2.75, 3.05) is 17.9 Å². The Morgan fingerprint density at radius 1 is 1.13 bits per heavy atom. The van der Waals surface area contributed by atoms with E-state index in [0.717, 1.165) is 18.2 Å². The average Bonchev–Trinajstić information content (AvgIpc) is 2.50. The van der Waals surface area contributed by atoms with E-state index in [4.69, 9.17) is 21.1 Å². The number of fused-ring (bicyclic) bond motifs is 1. The van der Waals surface area contributed by atoms with Crippen LogP contribution in [0.4, 0.5) is 10.1 Å². The third-order valence-electron chi connectivity index (χ3n) is 3.08. The van der Waals surface area contributed by atoms with Gasteiger partial charge in [-0.1, -0.05) is 11.6 Å². The van der Waals surface area contributed by atoms with Crippen LogP contribution >= 0.6 is 27.5 Å². The van der Waals surface area contributed by atoms with E-state index in [0.29, 0.717) is 29.2 Å². The summed E-state index contributed by atoms with van der Waals surface area (Å²) in [4.78, 5) is -0.148. The van der Waals surface area contributed by atoms with E-state index >= 15 is 0 Å². The van der Waals surface area contributed by atoms with E-state index in [1.165, 1.54) is 6.07 Å². The molecule has 0 radical (unpaired) electrons. The second-order valence-electron chi connectivity index (χ2n) is 4.66. The van der Waals surface area contributed by atoms with Gasteiger partial charge in [0.1, 0.15) is 19.0 Å². The van der Waals surface area contributed by atoms with Crippen LogP contribution in [-0.4, -0.2) is 21.6 Å². The average molecular weight is 423 g/mol. The smallest absolute Gasteiger partial charge is 0.261 e. The largest absolute Gasteiger partial charge is 0.486 e. The number of nitrogens with one attached hydrogen (secondary N) is 1. The topological polar surface area (TPSA) is 64.6 Å². The molecule has 0 amide bonds. The first kappa shape index (κ1) is 16.4. The van der Waals surface area contributed by atoms with Crippen molar-refractivity contribution in [2.45, 2.75) is 4.90 Å². The lowest BCUT2D eigenvalue weighted by Crippen LogP contribution is -2.17. The molecule has 0 fully saturated rings. The van der Waals surface area contributed by atoms with Gasteiger partial charge in [0.15, 0.2) is 11.5 Å². The number of sulfonamides is 1. The molecule has 1 heterocycles. The third-order valence-corrected chi connectivity index (χ3v) is 5.39. The first-order valence-corrected chi connectivity index (χ1v) is 9.09. The summed E-state index contributed by atoms with van der Waals surface area (Å²) in [5, 5.41) is -0.269. The molecule has 0 saturated heterocycles. The van der Waals surface area contributed by atoms with Crippen LogP contribution < -0.4 is 14.2 Å². The lowest BCUT2D eigenvalue weighted by molar-refractivity contribution is 0.171. The summed E-state index contributed by atoms with van der Waals surface area (Å²) >= 11 is 8.91. The lowest BCUT2D eigenvalue weighted by atomic mass is 10.2. The minimum Gasteiger partial charge on any atom is -0.486 e. The molecule has 0 bridgehead atoms. The fourth-order valence-corrected chi connectivity index (χ4v) is 3.88. The van der Waals surface area contributed by atoms with Gasteiger partial charge in [-0.15, -0.1) is 0 Å². The van der Waals surface area contributed by atoms with Gasteiger partial charge >= 0.3 is 0 Å². The van der Waals surface area contributed by atoms with Gasteiger partial charge in [-0.2, -0.15) is 0 Å². The number of anilines is 1. The summed E-state index contributed by atoms with van der Waals surface area (Å²) in [7, 11) is -3.93. The Kier molecular flexibility index (Phi) is 4.39. The molecule has 1 N–H and O–H groups in total. The maximum atomic E-state index is 13.2. The van der Waals surface area contributed by atoms with Gasteiger partial charge in [0.2, 0.25) is 0 Å². The van der Waals surface area contributed by atoms with E-state index in [2.05, 4.69) is 20.7 Å². The van der Waals surface area contributed by atoms with Crippen LogP contribution in [0.15, 0.2) is 39.7 Å². The van der Waals surface area contributed by atoms with Gasteiger partial charge in [0, 0.05) is 16.6 Å². The molecule has 0 aromatic heterocycles. The normalized spacial score (nSPS) is 13.7. The van der Waals surface area contributed by atoms with Gasteiger partial charge in [-0.05, 0) is 34.1 Å². The molecule has 23 heavy (non-hydrogen) atoms. The summed E-state index contributed by atoms with van der Waals surface area (Å²) < 4.78 is 51.7. The minimum atomic E-state index is -3.93. The van der Waals surface area contributed by atoms with Crippen LogP contribution in [0.3, 0.4) is 0 Å². The van der Waals surface area contributed by atoms with Crippen molar-refractivity contribution in [2.24, 2.45) is 0 Å². The Labute approximate surface area is 145 Å². The zero-order chi connectivity index (χ0) is 16.6. The SMILES string of the molecule is O=S(=O)(Nc1cc2c(cc1Br)OCCO2)c1ccc(F)c(Cl)c1. The quantitative estimate of drug-likeness (QED) is 0.817. The summed E-state index contributed by atoms with van der Waals surface area (Å²) in [6, 6.07) is 6.31. The van der Waals surface area contributed by atoms with E-state index in [1.54, 1.807) is 6.07 Å². The summed E-state index contributed by atoms with van der Waals surface area (Å²) in [5.41, 5.74) is 0.273. The van der Waals surface area contributed by atoms with Crippen molar-refractivity contribution in [1.29, 1.82) is 0 Å². The highest BCUT2D eigenvalue weighted by Crippen LogP contribution is 2.39. The first-order valence-electron chi connectivity index (χ1n) is 6.44. The number of rotatable bonds is 3. The van der Waals surface area contributed by atoms with Crippen LogP contribution in [-0.2, 0) is 10.0 Å². The van der Waals surface area contributed by atoms with E-state index in [9.17, 15) is 12.8 Å². The predicted molar refractivity (Wildman–Crippen MR) is 87.4 cm³/mol. The highest BCUT2D eigenvalue weighted by atomic mass is 79.9. The molecule has 1 aliphatic heterocycles. The predicted octanol–water partition coefficient (Wildman–Crippen LogP) is 3.81. The molecule has 0 saturated carbocycles. The summed E-state index contributed by atoms with van der Waals surface area (Å²) in [6.45, 7) is 0.812. The zero-order valence-electron chi connectivity index (χ0n) is 11.5. The Morgan fingerprint density at radius 2 is 1.78 bits per heavy atom. The van der Waals surface area contributed by atoms with Crippen LogP contribution in [0, 0.1) is 5.82 Å². The van der Waals surface area contributed by atoms with Crippen molar-refractivity contribution in [3.8, 4) is 11.5 Å².